The van der Waals surface area contributed by atoms with E-state index in [9.17, 15) is 35.4 Å². The van der Waals surface area contributed by atoms with Crippen LogP contribution in [0.3, 0.4) is 0 Å². The van der Waals surface area contributed by atoms with Gasteiger partial charge in [0.2, 0.25) is 5.91 Å². The van der Waals surface area contributed by atoms with Crippen LogP contribution in [0.1, 0.15) is 20.3 Å². The van der Waals surface area contributed by atoms with Crippen LogP contribution < -0.4 is 5.32 Å². The summed E-state index contributed by atoms with van der Waals surface area (Å²) >= 11 is 0. The summed E-state index contributed by atoms with van der Waals surface area (Å²) in [6, 6.07) is -0.822. The van der Waals surface area contributed by atoms with E-state index in [4.69, 9.17) is 14.2 Å². The van der Waals surface area contributed by atoms with Gasteiger partial charge in [-0.3, -0.25) is 4.79 Å². The van der Waals surface area contributed by atoms with Crippen LogP contribution in [-0.4, -0.2) is 111 Å². The van der Waals surface area contributed by atoms with E-state index in [-0.39, 0.29) is 0 Å². The molecule has 0 aliphatic carbocycles. The third-order valence-corrected chi connectivity index (χ3v) is 4.91. The third kappa shape index (κ3) is 4.75. The first-order valence-electron chi connectivity index (χ1n) is 8.92. The molecule has 0 aromatic carbocycles. The molecule has 0 aromatic heterocycles. The quantitative estimate of drug-likeness (QED) is 0.236. The molecule has 2 aliphatic rings. The molecule has 11 nitrogen and oxygen atoms in total. The minimum atomic E-state index is -1.66. The van der Waals surface area contributed by atoms with Crippen LogP contribution in [0.15, 0.2) is 0 Å². The molecule has 0 aromatic rings. The fourth-order valence-electron chi connectivity index (χ4n) is 3.44. The number of hydrogen-bond acceptors (Lipinski definition) is 10. The maximum atomic E-state index is 11.6. The highest BCUT2D eigenvalue weighted by molar-refractivity contribution is 5.73. The smallest absolute Gasteiger partial charge is 0.217 e. The van der Waals surface area contributed by atoms with Gasteiger partial charge in [0.25, 0.3) is 0 Å². The molecule has 0 saturated carbocycles. The van der Waals surface area contributed by atoms with Gasteiger partial charge in [0.1, 0.15) is 42.7 Å². The number of hydrogen-bond donors (Lipinski definition) is 7. The van der Waals surface area contributed by atoms with Crippen LogP contribution in [0.25, 0.3) is 0 Å². The second kappa shape index (κ2) is 9.54. The van der Waals surface area contributed by atoms with Crippen LogP contribution in [0.2, 0.25) is 0 Å². The lowest BCUT2D eigenvalue weighted by Gasteiger charge is -2.47. The molecule has 158 valence electrons. The summed E-state index contributed by atoms with van der Waals surface area (Å²) in [6.07, 6.45) is -11.2. The fraction of sp³-hybridized carbons (Fsp3) is 0.938. The first-order valence-corrected chi connectivity index (χ1v) is 8.92. The Morgan fingerprint density at radius 1 is 0.926 bits per heavy atom. The van der Waals surface area contributed by atoms with Crippen molar-refractivity contribution in [1.82, 2.24) is 5.32 Å². The average molecular weight is 395 g/mol. The predicted octanol–water partition coefficient (Wildman–Crippen LogP) is -3.79. The van der Waals surface area contributed by atoms with Gasteiger partial charge in [0.05, 0.1) is 25.4 Å². The van der Waals surface area contributed by atoms with Gasteiger partial charge in [-0.05, 0) is 6.42 Å². The summed E-state index contributed by atoms with van der Waals surface area (Å²) in [6.45, 7) is 1.94. The second-order valence-electron chi connectivity index (χ2n) is 6.82. The van der Waals surface area contributed by atoms with Crippen LogP contribution in [-0.2, 0) is 19.0 Å². The molecule has 7 N–H and O–H groups in total. The molecule has 0 spiro atoms. The van der Waals surface area contributed by atoms with Crippen molar-refractivity contribution >= 4 is 5.91 Å². The molecule has 10 atom stereocenters. The van der Waals surface area contributed by atoms with Crippen LogP contribution in [0.5, 0.6) is 0 Å². The van der Waals surface area contributed by atoms with Gasteiger partial charge >= 0.3 is 0 Å². The maximum absolute atomic E-state index is 11.6. The third-order valence-electron chi connectivity index (χ3n) is 4.91. The minimum Gasteiger partial charge on any atom is -0.394 e. The first kappa shape index (κ1) is 22.4. The lowest BCUT2D eigenvalue weighted by molar-refractivity contribution is -0.332. The lowest BCUT2D eigenvalue weighted by Crippen LogP contribution is -2.67. The van der Waals surface area contributed by atoms with Crippen molar-refractivity contribution in [1.29, 1.82) is 0 Å². The van der Waals surface area contributed by atoms with E-state index in [2.05, 4.69) is 5.32 Å². The van der Waals surface area contributed by atoms with E-state index in [1.807, 2.05) is 0 Å². The van der Waals surface area contributed by atoms with Gasteiger partial charge in [-0.15, -0.1) is 0 Å². The number of carbonyl (C=O) groups excluding carboxylic acids is 1. The monoisotopic (exact) mass is 395 g/mol. The average Bonchev–Trinajstić information content (AvgIpc) is 2.64. The van der Waals surface area contributed by atoms with E-state index >= 15 is 0 Å². The topological polar surface area (TPSA) is 178 Å². The maximum Gasteiger partial charge on any atom is 0.217 e. The standard InChI is InChI=1S/C16H29NO10/c1-3-7-10(17-6(2)20)15(12(22)9(5-19)25-7)27-16-14(24)13(23)11(21)8(4-18)26-16/h7-16,18-19,21-24H,3-5H2,1-2H3,(H,17,20)/t7-,8?,9?,10?,11-,12+,13?,14?,15?,16-/m0/s1. The number of amides is 1. The number of aliphatic hydroxyl groups is 6. The molecule has 1 amide bonds. The van der Waals surface area contributed by atoms with Crippen molar-refractivity contribution in [3.8, 4) is 0 Å². The molecule has 2 rings (SSSR count). The number of nitrogens with one attached hydrogen (secondary N) is 1. The van der Waals surface area contributed by atoms with E-state index in [1.54, 1.807) is 6.92 Å². The Morgan fingerprint density at radius 3 is 2.04 bits per heavy atom. The lowest BCUT2D eigenvalue weighted by atomic mass is 9.90. The van der Waals surface area contributed by atoms with Crippen LogP contribution >= 0.6 is 0 Å². The van der Waals surface area contributed by atoms with Gasteiger partial charge in [0.15, 0.2) is 6.29 Å². The highest BCUT2D eigenvalue weighted by Gasteiger charge is 2.50. The van der Waals surface area contributed by atoms with Gasteiger partial charge in [-0.2, -0.15) is 0 Å². The molecule has 27 heavy (non-hydrogen) atoms. The Hall–Kier alpha value is -0.890. The predicted molar refractivity (Wildman–Crippen MR) is 88.3 cm³/mol. The summed E-state index contributed by atoms with van der Waals surface area (Å²) in [5.41, 5.74) is 0. The Morgan fingerprint density at radius 2 is 1.52 bits per heavy atom. The Bertz CT molecular complexity index is 492. The summed E-state index contributed by atoms with van der Waals surface area (Å²) < 4.78 is 16.6. The van der Waals surface area contributed by atoms with Gasteiger partial charge in [0, 0.05) is 6.92 Å². The van der Waals surface area contributed by atoms with Gasteiger partial charge in [-0.25, -0.2) is 0 Å². The number of aliphatic hydroxyl groups excluding tert-OH is 6. The van der Waals surface area contributed by atoms with Gasteiger partial charge in [-0.1, -0.05) is 6.92 Å². The summed E-state index contributed by atoms with van der Waals surface area (Å²) in [4.78, 5) is 11.6. The Kier molecular flexibility index (Phi) is 7.92. The molecule has 2 aliphatic heterocycles. The summed E-state index contributed by atoms with van der Waals surface area (Å²) in [5, 5.41) is 61.8. The molecule has 11 heteroatoms. The zero-order chi connectivity index (χ0) is 20.3. The van der Waals surface area contributed by atoms with E-state index < -0.39 is 80.3 Å². The van der Waals surface area contributed by atoms with E-state index in [1.165, 1.54) is 6.92 Å². The molecule has 0 radical (unpaired) electrons. The molecule has 2 heterocycles. The molecule has 2 saturated heterocycles. The molecule has 6 unspecified atom stereocenters. The van der Waals surface area contributed by atoms with Crippen molar-refractivity contribution in [3.05, 3.63) is 0 Å². The van der Waals surface area contributed by atoms with E-state index in [0.717, 1.165) is 0 Å². The SMILES string of the molecule is CC[C@@H]1OC(CO)[C@@H](O)C(O[C@@H]2OC(CO)[C@H](O)C(O)C2O)C1NC(C)=O. The molecule has 2 fully saturated rings. The van der Waals surface area contributed by atoms with Crippen molar-refractivity contribution in [2.45, 2.75) is 81.4 Å². The van der Waals surface area contributed by atoms with Crippen LogP contribution in [0, 0.1) is 0 Å². The normalized spacial score (nSPS) is 45.5. The fourth-order valence-corrected chi connectivity index (χ4v) is 3.44. The van der Waals surface area contributed by atoms with Crippen molar-refractivity contribution < 1.29 is 49.6 Å². The largest absolute Gasteiger partial charge is 0.394 e. The number of rotatable bonds is 6. The number of carbonyl (C=O) groups is 1. The highest BCUT2D eigenvalue weighted by Crippen LogP contribution is 2.30. The zero-order valence-corrected chi connectivity index (χ0v) is 15.2. The minimum absolute atomic E-state index is 0.404. The molecule has 0 bridgehead atoms. The second-order valence-corrected chi connectivity index (χ2v) is 6.82. The zero-order valence-electron chi connectivity index (χ0n) is 15.2. The van der Waals surface area contributed by atoms with Gasteiger partial charge < -0.3 is 50.2 Å². The Balaban J connectivity index is 2.25. The molecular formula is C16H29NO10. The Labute approximate surface area is 156 Å². The molecular weight excluding hydrogens is 366 g/mol. The van der Waals surface area contributed by atoms with Crippen molar-refractivity contribution in [2.75, 3.05) is 13.2 Å². The number of ether oxygens (including phenoxy) is 3. The van der Waals surface area contributed by atoms with Crippen molar-refractivity contribution in [3.63, 3.8) is 0 Å². The summed E-state index contributed by atoms with van der Waals surface area (Å²) in [5.74, 6) is -0.404. The summed E-state index contributed by atoms with van der Waals surface area (Å²) in [7, 11) is 0. The highest BCUT2D eigenvalue weighted by atomic mass is 16.7. The van der Waals surface area contributed by atoms with E-state index in [0.29, 0.717) is 6.42 Å². The first-order chi connectivity index (χ1) is 12.7. The van der Waals surface area contributed by atoms with Crippen LogP contribution in [0.4, 0.5) is 0 Å². The van der Waals surface area contributed by atoms with Crippen molar-refractivity contribution in [2.24, 2.45) is 0 Å².